The zero-order valence-electron chi connectivity index (χ0n) is 9.24. The molecule has 1 aromatic rings. The molecule has 0 amide bonds. The largest absolute Gasteiger partial charge is 1.00 e. The maximum atomic E-state index is 10.1. The Hall–Kier alpha value is -0.310. The van der Waals surface area contributed by atoms with Gasteiger partial charge in [0.25, 0.3) is 0 Å². The summed E-state index contributed by atoms with van der Waals surface area (Å²) in [5.74, 6) is -0.940. The van der Waals surface area contributed by atoms with Gasteiger partial charge < -0.3 is 9.90 Å². The second-order valence-electron chi connectivity index (χ2n) is 3.42. The monoisotopic (exact) mass is 214 g/mol. The van der Waals surface area contributed by atoms with E-state index in [1.54, 1.807) is 0 Å². The molecule has 0 aliphatic carbocycles. The molecule has 2 nitrogen and oxygen atoms in total. The van der Waals surface area contributed by atoms with Crippen LogP contribution in [0.25, 0.3) is 0 Å². The smallest absolute Gasteiger partial charge is 0.550 e. The van der Waals surface area contributed by atoms with Crippen molar-refractivity contribution in [1.29, 1.82) is 0 Å². The molecule has 0 bridgehead atoms. The third-order valence-corrected chi connectivity index (χ3v) is 2.19. The first-order valence-electron chi connectivity index (χ1n) is 5.03. The minimum atomic E-state index is -0.940. The maximum absolute atomic E-state index is 10.1. The summed E-state index contributed by atoms with van der Waals surface area (Å²) in [5.41, 5.74) is 1.32. The van der Waals surface area contributed by atoms with E-state index in [1.165, 1.54) is 5.56 Å². The number of hydrogen-bond acceptors (Lipinski definition) is 2. The van der Waals surface area contributed by atoms with Crippen molar-refractivity contribution in [3.05, 3.63) is 35.9 Å². The second kappa shape index (κ2) is 8.96. The molecule has 3 heteroatoms. The van der Waals surface area contributed by atoms with E-state index in [2.05, 4.69) is 12.1 Å². The fraction of sp³-hybridized carbons (Fsp3) is 0.417. The van der Waals surface area contributed by atoms with E-state index >= 15 is 0 Å². The van der Waals surface area contributed by atoms with Crippen LogP contribution in [0.5, 0.6) is 0 Å². The fourth-order valence-corrected chi connectivity index (χ4v) is 1.42. The summed E-state index contributed by atoms with van der Waals surface area (Å²) in [7, 11) is 0. The van der Waals surface area contributed by atoms with Crippen LogP contribution < -0.4 is 34.7 Å². The van der Waals surface area contributed by atoms with Crippen LogP contribution in [0, 0.1) is 0 Å². The average molecular weight is 214 g/mol. The summed E-state index contributed by atoms with van der Waals surface area (Å²) in [5, 5.41) is 10.1. The molecule has 15 heavy (non-hydrogen) atoms. The predicted octanol–water partition coefficient (Wildman–Crippen LogP) is -1.46. The Kier molecular flexibility index (Phi) is 8.77. The first-order valence-corrected chi connectivity index (χ1v) is 5.03. The van der Waals surface area contributed by atoms with Crippen LogP contribution in [0.3, 0.4) is 0 Å². The Morgan fingerprint density at radius 1 is 1.07 bits per heavy atom. The third kappa shape index (κ3) is 7.60. The number of rotatable bonds is 6. The van der Waals surface area contributed by atoms with Crippen LogP contribution in [0.2, 0.25) is 0 Å². The van der Waals surface area contributed by atoms with E-state index in [9.17, 15) is 9.90 Å². The zero-order chi connectivity index (χ0) is 10.2. The Morgan fingerprint density at radius 2 is 1.73 bits per heavy atom. The molecule has 0 saturated carbocycles. The van der Waals surface area contributed by atoms with Gasteiger partial charge in [-0.3, -0.25) is 0 Å². The van der Waals surface area contributed by atoms with Crippen molar-refractivity contribution in [3.63, 3.8) is 0 Å². The molecular formula is C12H15NaO2. The molecule has 76 valence electrons. The van der Waals surface area contributed by atoms with Crippen molar-refractivity contribution in [1.82, 2.24) is 0 Å². The molecule has 1 aromatic carbocycles. The molecule has 0 aliphatic heterocycles. The molecule has 1 rings (SSSR count). The molecule has 0 fully saturated rings. The Labute approximate surface area is 113 Å². The van der Waals surface area contributed by atoms with Gasteiger partial charge in [0.2, 0.25) is 0 Å². The normalized spacial score (nSPS) is 9.33. The van der Waals surface area contributed by atoms with E-state index in [0.717, 1.165) is 25.7 Å². The van der Waals surface area contributed by atoms with Crippen molar-refractivity contribution in [2.45, 2.75) is 32.1 Å². The molecule has 0 radical (unpaired) electrons. The van der Waals surface area contributed by atoms with Gasteiger partial charge in [0.05, 0.1) is 0 Å². The van der Waals surface area contributed by atoms with Crippen LogP contribution in [0.15, 0.2) is 30.3 Å². The van der Waals surface area contributed by atoms with Gasteiger partial charge in [0.15, 0.2) is 0 Å². The fourth-order valence-electron chi connectivity index (χ4n) is 1.42. The van der Waals surface area contributed by atoms with Crippen LogP contribution in [-0.4, -0.2) is 5.97 Å². The summed E-state index contributed by atoms with van der Waals surface area (Å²) in [6.45, 7) is 0. The van der Waals surface area contributed by atoms with Gasteiger partial charge >= 0.3 is 29.6 Å². The summed E-state index contributed by atoms with van der Waals surface area (Å²) in [4.78, 5) is 10.1. The number of carbonyl (C=O) groups excluding carboxylic acids is 1. The number of carbonyl (C=O) groups is 1. The van der Waals surface area contributed by atoms with Crippen LogP contribution in [-0.2, 0) is 11.2 Å². The van der Waals surface area contributed by atoms with E-state index in [0.29, 0.717) is 0 Å². The van der Waals surface area contributed by atoms with Crippen molar-refractivity contribution in [2.75, 3.05) is 0 Å². The number of aliphatic carboxylic acids is 1. The van der Waals surface area contributed by atoms with Gasteiger partial charge in [0, 0.05) is 5.97 Å². The third-order valence-electron chi connectivity index (χ3n) is 2.19. The van der Waals surface area contributed by atoms with Crippen LogP contribution in [0.1, 0.15) is 31.2 Å². The molecular weight excluding hydrogens is 199 g/mol. The van der Waals surface area contributed by atoms with E-state index in [4.69, 9.17) is 0 Å². The number of carboxylic acids is 1. The van der Waals surface area contributed by atoms with Gasteiger partial charge in [-0.15, -0.1) is 0 Å². The molecule has 0 unspecified atom stereocenters. The van der Waals surface area contributed by atoms with E-state index < -0.39 is 5.97 Å². The molecule has 0 N–H and O–H groups in total. The molecule has 0 atom stereocenters. The van der Waals surface area contributed by atoms with Gasteiger partial charge in [-0.2, -0.15) is 0 Å². The predicted molar refractivity (Wildman–Crippen MR) is 53.6 cm³/mol. The molecule has 0 aliphatic rings. The van der Waals surface area contributed by atoms with E-state index in [-0.39, 0.29) is 36.0 Å². The number of hydrogen-bond donors (Lipinski definition) is 0. The van der Waals surface area contributed by atoms with Crippen molar-refractivity contribution in [3.8, 4) is 0 Å². The Balaban J connectivity index is 0.00000196. The minimum Gasteiger partial charge on any atom is -0.550 e. The van der Waals surface area contributed by atoms with Crippen molar-refractivity contribution in [2.24, 2.45) is 0 Å². The van der Waals surface area contributed by atoms with E-state index in [1.807, 2.05) is 18.2 Å². The summed E-state index contributed by atoms with van der Waals surface area (Å²) in [6.07, 6.45) is 3.97. The first-order chi connectivity index (χ1) is 6.79. The molecule has 0 aromatic heterocycles. The number of unbranched alkanes of at least 4 members (excludes halogenated alkanes) is 2. The first kappa shape index (κ1) is 14.7. The minimum absolute atomic E-state index is 0. The van der Waals surface area contributed by atoms with Gasteiger partial charge in [-0.05, 0) is 31.2 Å². The Morgan fingerprint density at radius 3 is 2.33 bits per heavy atom. The number of aryl methyl sites for hydroxylation is 1. The maximum Gasteiger partial charge on any atom is 1.00 e. The van der Waals surface area contributed by atoms with Crippen LogP contribution in [0.4, 0.5) is 0 Å². The molecule has 0 spiro atoms. The summed E-state index contributed by atoms with van der Waals surface area (Å²) in [6, 6.07) is 10.2. The Bertz CT molecular complexity index is 272. The van der Waals surface area contributed by atoms with Crippen molar-refractivity contribution >= 4 is 5.97 Å². The standard InChI is InChI=1S/C12H16O2.Na/c13-12(14)10-6-2-5-9-11-7-3-1-4-8-11;/h1,3-4,7-8H,2,5-6,9-10H2,(H,13,14);/q;+1/p-1. The second-order valence-corrected chi connectivity index (χ2v) is 3.42. The van der Waals surface area contributed by atoms with Crippen LogP contribution >= 0.6 is 0 Å². The van der Waals surface area contributed by atoms with Gasteiger partial charge in [-0.25, -0.2) is 0 Å². The number of carboxylic acid groups (broad SMARTS) is 1. The van der Waals surface area contributed by atoms with Gasteiger partial charge in [0.1, 0.15) is 0 Å². The molecule has 0 heterocycles. The quantitative estimate of drug-likeness (QED) is 0.429. The summed E-state index contributed by atoms with van der Waals surface area (Å²) >= 11 is 0. The zero-order valence-corrected chi connectivity index (χ0v) is 11.2. The topological polar surface area (TPSA) is 40.1 Å². The summed E-state index contributed by atoms with van der Waals surface area (Å²) < 4.78 is 0. The average Bonchev–Trinajstić information content (AvgIpc) is 2.18. The van der Waals surface area contributed by atoms with Crippen molar-refractivity contribution < 1.29 is 39.5 Å². The SMILES string of the molecule is O=C([O-])CCCCCc1ccccc1.[Na+]. The van der Waals surface area contributed by atoms with Gasteiger partial charge in [-0.1, -0.05) is 36.8 Å². The number of benzene rings is 1. The molecule has 0 saturated heterocycles.